The van der Waals surface area contributed by atoms with Crippen LogP contribution in [0.5, 0.6) is 5.75 Å². The van der Waals surface area contributed by atoms with Crippen molar-refractivity contribution in [3.8, 4) is 21.9 Å². The van der Waals surface area contributed by atoms with Crippen molar-refractivity contribution in [3.05, 3.63) is 146 Å². The molecule has 0 saturated heterocycles. The van der Waals surface area contributed by atoms with Gasteiger partial charge in [0.05, 0.1) is 24.2 Å². The van der Waals surface area contributed by atoms with Crippen LogP contribution in [0.15, 0.2) is 107 Å². The van der Waals surface area contributed by atoms with Gasteiger partial charge in [0.2, 0.25) is 0 Å². The first-order valence-electron chi connectivity index (χ1n) is 17.0. The number of fused-ring (bicyclic) bond motifs is 1. The number of hydrogen-bond donors (Lipinski definition) is 2. The van der Waals surface area contributed by atoms with Crippen LogP contribution in [0.2, 0.25) is 0 Å². The monoisotopic (exact) mass is 739 g/mol. The van der Waals surface area contributed by atoms with E-state index in [1.807, 2.05) is 56.4 Å². The normalized spacial score (nSPS) is 11.3. The molecule has 2 amide bonds. The molecule has 2 aromatic heterocycles. The first-order chi connectivity index (χ1) is 25.7. The number of nitrogens with zero attached hydrogens (tertiary/aromatic N) is 3. The summed E-state index contributed by atoms with van der Waals surface area (Å²) in [6.45, 7) is 3.38. The Balaban J connectivity index is 1.56. The number of methoxy groups -OCH3 is 1. The Kier molecular flexibility index (Phi) is 11.8. The third kappa shape index (κ3) is 8.38. The van der Waals surface area contributed by atoms with Gasteiger partial charge >= 0.3 is 11.7 Å². The first-order valence-corrected chi connectivity index (χ1v) is 17.8. The van der Waals surface area contributed by atoms with Crippen LogP contribution in [0, 0.1) is 11.6 Å². The van der Waals surface area contributed by atoms with E-state index in [2.05, 4.69) is 15.5 Å². The molecular formula is C40H39F2N5O5S. The van der Waals surface area contributed by atoms with Crippen LogP contribution in [-0.2, 0) is 24.4 Å². The molecule has 0 aliphatic carbocycles. The summed E-state index contributed by atoms with van der Waals surface area (Å²) in [6.07, 6.45) is 0. The molecule has 4 aromatic carbocycles. The van der Waals surface area contributed by atoms with E-state index in [1.54, 1.807) is 43.5 Å². The number of urea groups is 1. The molecule has 6 rings (SSSR count). The number of ether oxygens (including phenoxy) is 2. The topological polar surface area (TPSA) is 107 Å². The van der Waals surface area contributed by atoms with E-state index in [-0.39, 0.29) is 27.5 Å². The van der Waals surface area contributed by atoms with Crippen molar-refractivity contribution in [2.24, 2.45) is 0 Å². The molecule has 6 aromatic rings. The quantitative estimate of drug-likeness (QED) is 0.117. The summed E-state index contributed by atoms with van der Waals surface area (Å²) in [6, 6.07) is 26.7. The predicted octanol–water partition coefficient (Wildman–Crippen LogP) is 7.01. The van der Waals surface area contributed by atoms with Crippen molar-refractivity contribution in [2.75, 3.05) is 39.2 Å². The van der Waals surface area contributed by atoms with E-state index >= 15 is 8.78 Å². The summed E-state index contributed by atoms with van der Waals surface area (Å²) in [5, 5.41) is 5.74. The zero-order chi connectivity index (χ0) is 37.5. The number of benzene rings is 4. The maximum Gasteiger partial charge on any atom is 0.337 e. The number of halogens is 2. The lowest BCUT2D eigenvalue weighted by atomic mass is 10.1. The summed E-state index contributed by atoms with van der Waals surface area (Å²) in [5.41, 5.74) is 1.65. The number of carbonyl (C=O) groups is 1. The molecule has 0 aliphatic heterocycles. The van der Waals surface area contributed by atoms with Gasteiger partial charge in [-0.05, 0) is 79.2 Å². The average molecular weight is 740 g/mol. The lowest BCUT2D eigenvalue weighted by molar-refractivity contribution is 0.146. The number of anilines is 1. The van der Waals surface area contributed by atoms with Crippen LogP contribution in [-0.4, -0.2) is 54.0 Å². The highest BCUT2D eigenvalue weighted by Crippen LogP contribution is 2.39. The molecule has 0 atom stereocenters. The Hall–Kier alpha value is -5.63. The van der Waals surface area contributed by atoms with Gasteiger partial charge in [-0.15, -0.1) is 11.3 Å². The average Bonchev–Trinajstić information content (AvgIpc) is 3.51. The Labute approximate surface area is 308 Å². The third-order valence-corrected chi connectivity index (χ3v) is 9.87. The Morgan fingerprint density at radius 3 is 2.21 bits per heavy atom. The largest absolute Gasteiger partial charge is 0.491 e. The number of thiophene rings is 1. The van der Waals surface area contributed by atoms with Gasteiger partial charge in [0.1, 0.15) is 28.8 Å². The summed E-state index contributed by atoms with van der Waals surface area (Å²) >= 11 is 1.20. The van der Waals surface area contributed by atoms with Crippen LogP contribution in [0.3, 0.4) is 0 Å². The number of aromatic nitrogens is 2. The maximum absolute atomic E-state index is 15.2. The molecule has 13 heteroatoms. The summed E-state index contributed by atoms with van der Waals surface area (Å²) in [4.78, 5) is 44.4. The summed E-state index contributed by atoms with van der Waals surface area (Å²) in [7, 11) is 3.50. The van der Waals surface area contributed by atoms with Gasteiger partial charge in [-0.25, -0.2) is 22.9 Å². The molecule has 10 nitrogen and oxygen atoms in total. The van der Waals surface area contributed by atoms with Crippen LogP contribution >= 0.6 is 11.3 Å². The molecule has 2 N–H and O–H groups in total. The van der Waals surface area contributed by atoms with Crippen molar-refractivity contribution < 1.29 is 23.0 Å². The molecular weight excluding hydrogens is 701 g/mol. The van der Waals surface area contributed by atoms with Crippen molar-refractivity contribution in [1.82, 2.24) is 19.4 Å². The zero-order valence-electron chi connectivity index (χ0n) is 29.5. The van der Waals surface area contributed by atoms with Gasteiger partial charge in [-0.2, -0.15) is 0 Å². The minimum atomic E-state index is -0.810. The van der Waals surface area contributed by atoms with E-state index in [9.17, 15) is 14.4 Å². The standard InChI is InChI=1S/C40H39F2N5O5S/c1-4-43-39(49)44-28-15-13-27(14-16-28)36-32(24-45(2)23-26-9-6-5-7-10-26)35-37(48)47(29-17-19-30(20-18-29)52-22-21-51-3)40(50)46(38(35)53-36)25-31-33(41)11-8-12-34(31)42/h5-20H,4,21-25H2,1-3H3,(H2,43,44,49). The molecule has 2 heterocycles. The Morgan fingerprint density at radius 2 is 1.55 bits per heavy atom. The van der Waals surface area contributed by atoms with Crippen LogP contribution in [0.1, 0.15) is 23.6 Å². The molecule has 274 valence electrons. The van der Waals surface area contributed by atoms with E-state index in [0.29, 0.717) is 54.7 Å². The van der Waals surface area contributed by atoms with Crippen LogP contribution in [0.25, 0.3) is 26.3 Å². The number of hydrogen-bond acceptors (Lipinski definition) is 7. The van der Waals surface area contributed by atoms with E-state index in [4.69, 9.17) is 9.47 Å². The zero-order valence-corrected chi connectivity index (χ0v) is 30.3. The molecule has 0 fully saturated rings. The second-order valence-corrected chi connectivity index (χ2v) is 13.4. The highest BCUT2D eigenvalue weighted by Gasteiger charge is 2.26. The lowest BCUT2D eigenvalue weighted by Gasteiger charge is -2.18. The second-order valence-electron chi connectivity index (χ2n) is 12.4. The molecule has 0 aliphatic rings. The first kappa shape index (κ1) is 37.1. The number of carbonyl (C=O) groups excluding carboxylic acids is 1. The Morgan fingerprint density at radius 1 is 0.849 bits per heavy atom. The lowest BCUT2D eigenvalue weighted by Crippen LogP contribution is -2.39. The van der Waals surface area contributed by atoms with Gasteiger partial charge in [0.25, 0.3) is 5.56 Å². The predicted molar refractivity (Wildman–Crippen MR) is 204 cm³/mol. The van der Waals surface area contributed by atoms with E-state index in [1.165, 1.54) is 22.0 Å². The fraction of sp³-hybridized carbons (Fsp3) is 0.225. The van der Waals surface area contributed by atoms with Crippen molar-refractivity contribution in [2.45, 2.75) is 26.6 Å². The van der Waals surface area contributed by atoms with E-state index in [0.717, 1.165) is 27.8 Å². The molecule has 53 heavy (non-hydrogen) atoms. The summed E-state index contributed by atoms with van der Waals surface area (Å²) in [5.74, 6) is -1.11. The minimum absolute atomic E-state index is 0.256. The van der Waals surface area contributed by atoms with Gasteiger partial charge in [0, 0.05) is 42.9 Å². The van der Waals surface area contributed by atoms with Gasteiger partial charge in [-0.1, -0.05) is 48.5 Å². The van der Waals surface area contributed by atoms with Crippen LogP contribution in [0.4, 0.5) is 19.3 Å². The van der Waals surface area contributed by atoms with Gasteiger partial charge < -0.3 is 20.1 Å². The Bertz CT molecular complexity index is 2300. The molecule has 0 unspecified atom stereocenters. The SMILES string of the molecule is CCNC(=O)Nc1ccc(-c2sc3c(c2CN(C)Cc2ccccc2)c(=O)n(-c2ccc(OCCOC)cc2)c(=O)n3Cc2c(F)cccc2F)cc1. The van der Waals surface area contributed by atoms with Crippen molar-refractivity contribution >= 4 is 33.3 Å². The number of nitrogens with one attached hydrogen (secondary N) is 2. The smallest absolute Gasteiger partial charge is 0.337 e. The highest BCUT2D eigenvalue weighted by molar-refractivity contribution is 7.22. The second kappa shape index (κ2) is 16.8. The number of rotatable bonds is 14. The molecule has 0 saturated carbocycles. The molecule has 0 bridgehead atoms. The fourth-order valence-electron chi connectivity index (χ4n) is 6.06. The van der Waals surface area contributed by atoms with E-state index < -0.39 is 29.4 Å². The van der Waals surface area contributed by atoms with Crippen molar-refractivity contribution in [1.29, 1.82) is 0 Å². The van der Waals surface area contributed by atoms with Crippen LogP contribution < -0.4 is 26.6 Å². The number of amides is 2. The summed E-state index contributed by atoms with van der Waals surface area (Å²) < 4.78 is 43.4. The minimum Gasteiger partial charge on any atom is -0.491 e. The maximum atomic E-state index is 15.2. The van der Waals surface area contributed by atoms with Gasteiger partial charge in [-0.3, -0.25) is 14.3 Å². The van der Waals surface area contributed by atoms with Crippen molar-refractivity contribution in [3.63, 3.8) is 0 Å². The van der Waals surface area contributed by atoms with Gasteiger partial charge in [0.15, 0.2) is 0 Å². The third-order valence-electron chi connectivity index (χ3n) is 8.57. The highest BCUT2D eigenvalue weighted by atomic mass is 32.1. The molecule has 0 spiro atoms. The molecule has 0 radical (unpaired) electrons. The fourth-order valence-corrected chi connectivity index (χ4v) is 7.36.